The van der Waals surface area contributed by atoms with E-state index in [2.05, 4.69) is 9.97 Å². The lowest BCUT2D eigenvalue weighted by molar-refractivity contribution is 0.241. The Kier molecular flexibility index (Phi) is 2.09. The van der Waals surface area contributed by atoms with E-state index in [0.29, 0.717) is 0 Å². The van der Waals surface area contributed by atoms with Crippen molar-refractivity contribution >= 4 is 17.0 Å². The largest absolute Gasteiger partial charge is 0.394 e. The molecule has 0 aliphatic carbocycles. The number of anilines is 1. The molecule has 2 rings (SSSR count). The summed E-state index contributed by atoms with van der Waals surface area (Å²) in [6.45, 7) is 1.99. The molecule has 1 unspecified atom stereocenters. The van der Waals surface area contributed by atoms with Gasteiger partial charge in [-0.2, -0.15) is 4.98 Å². The number of aliphatic hydroxyl groups excluding tert-OH is 1. The van der Waals surface area contributed by atoms with Crippen molar-refractivity contribution in [3.05, 3.63) is 18.5 Å². The molecule has 0 aromatic carbocycles. The maximum atomic E-state index is 9.04. The Morgan fingerprint density at radius 2 is 2.43 bits per heavy atom. The number of rotatable bonds is 2. The van der Waals surface area contributed by atoms with Crippen molar-refractivity contribution in [3.63, 3.8) is 0 Å². The van der Waals surface area contributed by atoms with Crippen molar-refractivity contribution in [2.45, 2.75) is 13.0 Å². The maximum absolute atomic E-state index is 9.04. The van der Waals surface area contributed by atoms with Gasteiger partial charge in [-0.3, -0.25) is 0 Å². The van der Waals surface area contributed by atoms with Crippen LogP contribution in [0.5, 0.6) is 0 Å². The lowest BCUT2D eigenvalue weighted by Gasteiger charge is -2.10. The number of aromatic nitrogens is 3. The summed E-state index contributed by atoms with van der Waals surface area (Å²) < 4.78 is 1.88. The Hall–Kier alpha value is -1.62. The average Bonchev–Trinajstić information content (AvgIpc) is 2.59. The highest BCUT2D eigenvalue weighted by atomic mass is 16.3. The van der Waals surface area contributed by atoms with Crippen molar-refractivity contribution in [3.8, 4) is 0 Å². The lowest BCUT2D eigenvalue weighted by atomic mass is 10.3. The van der Waals surface area contributed by atoms with Crippen molar-refractivity contribution in [1.29, 1.82) is 0 Å². The van der Waals surface area contributed by atoms with Gasteiger partial charge in [0.05, 0.1) is 12.6 Å². The number of hydrogen-bond acceptors (Lipinski definition) is 4. The van der Waals surface area contributed by atoms with Gasteiger partial charge in [-0.1, -0.05) is 0 Å². The van der Waals surface area contributed by atoms with Gasteiger partial charge in [-0.15, -0.1) is 0 Å². The molecule has 0 saturated carbocycles. The number of aliphatic hydroxyl groups is 1. The minimum absolute atomic E-state index is 0.00167. The molecule has 2 aromatic rings. The Balaban J connectivity index is 2.61. The van der Waals surface area contributed by atoms with Gasteiger partial charge in [0, 0.05) is 17.8 Å². The van der Waals surface area contributed by atoms with Crippen LogP contribution >= 0.6 is 0 Å². The van der Waals surface area contributed by atoms with Crippen LogP contribution in [-0.2, 0) is 0 Å². The third kappa shape index (κ3) is 1.31. The normalized spacial score (nSPS) is 13.3. The van der Waals surface area contributed by atoms with Crippen LogP contribution in [0.1, 0.15) is 13.0 Å². The first kappa shape index (κ1) is 8.96. The van der Waals surface area contributed by atoms with Gasteiger partial charge in [-0.05, 0) is 13.0 Å². The fourth-order valence-electron chi connectivity index (χ4n) is 1.39. The SMILES string of the molecule is CC(CO)n1ccc2cnc(N)nc21. The zero-order valence-electron chi connectivity index (χ0n) is 7.88. The van der Waals surface area contributed by atoms with Gasteiger partial charge in [0.25, 0.3) is 0 Å². The molecule has 0 fully saturated rings. The molecule has 0 bridgehead atoms. The molecule has 2 aromatic heterocycles. The second-order valence-corrected chi connectivity index (χ2v) is 3.26. The number of nitrogens with zero attached hydrogens (tertiary/aromatic N) is 3. The van der Waals surface area contributed by atoms with Crippen LogP contribution in [0.15, 0.2) is 18.5 Å². The van der Waals surface area contributed by atoms with Crippen LogP contribution < -0.4 is 5.73 Å². The highest BCUT2D eigenvalue weighted by Gasteiger charge is 2.08. The summed E-state index contributed by atoms with van der Waals surface area (Å²) in [5.74, 6) is 0.252. The number of nitrogen functional groups attached to an aromatic ring is 1. The Morgan fingerprint density at radius 3 is 3.14 bits per heavy atom. The minimum atomic E-state index is 0.00167. The van der Waals surface area contributed by atoms with Gasteiger partial charge in [0.15, 0.2) is 0 Å². The number of fused-ring (bicyclic) bond motifs is 1. The highest BCUT2D eigenvalue weighted by molar-refractivity contribution is 5.76. The van der Waals surface area contributed by atoms with E-state index in [1.54, 1.807) is 6.20 Å². The molecule has 74 valence electrons. The average molecular weight is 192 g/mol. The molecule has 5 heteroatoms. The molecule has 0 radical (unpaired) electrons. The van der Waals surface area contributed by atoms with E-state index in [-0.39, 0.29) is 18.6 Å². The molecule has 1 atom stereocenters. The fraction of sp³-hybridized carbons (Fsp3) is 0.333. The van der Waals surface area contributed by atoms with Crippen molar-refractivity contribution < 1.29 is 5.11 Å². The molecule has 0 saturated heterocycles. The summed E-state index contributed by atoms with van der Waals surface area (Å²) >= 11 is 0. The van der Waals surface area contributed by atoms with E-state index in [1.807, 2.05) is 23.8 Å². The van der Waals surface area contributed by atoms with Crippen LogP contribution in [0, 0.1) is 0 Å². The summed E-state index contributed by atoms with van der Waals surface area (Å²) in [6.07, 6.45) is 3.55. The molecule has 0 aliphatic heterocycles. The van der Waals surface area contributed by atoms with Crippen molar-refractivity contribution in [2.24, 2.45) is 0 Å². The van der Waals surface area contributed by atoms with Crippen LogP contribution in [-0.4, -0.2) is 26.2 Å². The van der Waals surface area contributed by atoms with E-state index in [0.717, 1.165) is 11.0 Å². The van der Waals surface area contributed by atoms with E-state index in [1.165, 1.54) is 0 Å². The molecule has 0 amide bonds. The van der Waals surface area contributed by atoms with Crippen LogP contribution in [0.25, 0.3) is 11.0 Å². The van der Waals surface area contributed by atoms with Crippen LogP contribution in [0.3, 0.4) is 0 Å². The topological polar surface area (TPSA) is 77.0 Å². The van der Waals surface area contributed by atoms with Crippen molar-refractivity contribution in [2.75, 3.05) is 12.3 Å². The van der Waals surface area contributed by atoms with E-state index in [9.17, 15) is 0 Å². The van der Waals surface area contributed by atoms with Crippen LogP contribution in [0.2, 0.25) is 0 Å². The third-order valence-electron chi connectivity index (χ3n) is 2.21. The molecular weight excluding hydrogens is 180 g/mol. The van der Waals surface area contributed by atoms with Gasteiger partial charge < -0.3 is 15.4 Å². The first-order valence-corrected chi connectivity index (χ1v) is 4.42. The van der Waals surface area contributed by atoms with Gasteiger partial charge in [-0.25, -0.2) is 4.98 Å². The highest BCUT2D eigenvalue weighted by Crippen LogP contribution is 2.17. The summed E-state index contributed by atoms with van der Waals surface area (Å²) in [4.78, 5) is 8.02. The molecule has 3 N–H and O–H groups in total. The van der Waals surface area contributed by atoms with Crippen molar-refractivity contribution in [1.82, 2.24) is 14.5 Å². The standard InChI is InChI=1S/C9H12N4O/c1-6(5-14)13-3-2-7-4-11-9(10)12-8(7)13/h2-4,6,14H,5H2,1H3,(H2,10,11,12). The quantitative estimate of drug-likeness (QED) is 0.729. The maximum Gasteiger partial charge on any atom is 0.221 e. The zero-order chi connectivity index (χ0) is 10.1. The summed E-state index contributed by atoms with van der Waals surface area (Å²) in [7, 11) is 0. The second-order valence-electron chi connectivity index (χ2n) is 3.26. The fourth-order valence-corrected chi connectivity index (χ4v) is 1.39. The number of nitrogens with two attached hydrogens (primary N) is 1. The predicted octanol–water partition coefficient (Wildman–Crippen LogP) is 0.567. The van der Waals surface area contributed by atoms with E-state index in [4.69, 9.17) is 10.8 Å². The Bertz CT molecular complexity index is 451. The smallest absolute Gasteiger partial charge is 0.221 e. The first-order chi connectivity index (χ1) is 6.72. The molecular formula is C9H12N4O. The molecule has 0 spiro atoms. The molecule has 2 heterocycles. The lowest BCUT2D eigenvalue weighted by Crippen LogP contribution is -2.09. The number of hydrogen-bond donors (Lipinski definition) is 2. The van der Waals surface area contributed by atoms with Gasteiger partial charge in [0.1, 0.15) is 5.65 Å². The van der Waals surface area contributed by atoms with Crippen LogP contribution in [0.4, 0.5) is 5.95 Å². The summed E-state index contributed by atoms with van der Waals surface area (Å²) in [5.41, 5.74) is 6.26. The minimum Gasteiger partial charge on any atom is -0.394 e. The van der Waals surface area contributed by atoms with Gasteiger partial charge in [0.2, 0.25) is 5.95 Å². The third-order valence-corrected chi connectivity index (χ3v) is 2.21. The predicted molar refractivity (Wildman–Crippen MR) is 53.7 cm³/mol. The molecule has 0 aliphatic rings. The second kappa shape index (κ2) is 3.26. The summed E-state index contributed by atoms with van der Waals surface area (Å²) in [6, 6.07) is 1.91. The Morgan fingerprint density at radius 1 is 1.64 bits per heavy atom. The van der Waals surface area contributed by atoms with E-state index >= 15 is 0 Å². The molecule has 14 heavy (non-hydrogen) atoms. The Labute approximate surface area is 81.2 Å². The monoisotopic (exact) mass is 192 g/mol. The van der Waals surface area contributed by atoms with Gasteiger partial charge >= 0.3 is 0 Å². The zero-order valence-corrected chi connectivity index (χ0v) is 7.88. The summed E-state index contributed by atoms with van der Waals surface area (Å²) in [5, 5.41) is 9.97. The first-order valence-electron chi connectivity index (χ1n) is 4.42. The molecule has 5 nitrogen and oxygen atoms in total. The van der Waals surface area contributed by atoms with E-state index < -0.39 is 0 Å².